The van der Waals surface area contributed by atoms with Crippen molar-refractivity contribution in [2.24, 2.45) is 5.92 Å². The lowest BCUT2D eigenvalue weighted by Crippen LogP contribution is -2.46. The second kappa shape index (κ2) is 6.74. The van der Waals surface area contributed by atoms with Crippen LogP contribution < -0.4 is 5.32 Å². The summed E-state index contributed by atoms with van der Waals surface area (Å²) < 4.78 is 0. The highest BCUT2D eigenvalue weighted by atomic mass is 16.2. The molecule has 6 heteroatoms. The van der Waals surface area contributed by atoms with E-state index in [9.17, 15) is 9.59 Å². The first-order valence-electron chi connectivity index (χ1n) is 7.56. The van der Waals surface area contributed by atoms with Gasteiger partial charge in [0.15, 0.2) is 0 Å². The van der Waals surface area contributed by atoms with Gasteiger partial charge in [-0.05, 0) is 25.7 Å². The molecule has 2 rings (SSSR count). The molecule has 1 fully saturated rings. The number of rotatable bonds is 4. The first-order chi connectivity index (χ1) is 9.95. The van der Waals surface area contributed by atoms with Gasteiger partial charge in [-0.15, -0.1) is 0 Å². The largest absolute Gasteiger partial charge is 0.348 e. The Hall–Kier alpha value is -1.85. The molecule has 0 spiro atoms. The molecule has 6 nitrogen and oxygen atoms in total. The zero-order valence-electron chi connectivity index (χ0n) is 13.0. The van der Waals surface area contributed by atoms with Crippen molar-refractivity contribution in [2.45, 2.75) is 46.1 Å². The number of H-pyrrole nitrogens is 1. The van der Waals surface area contributed by atoms with Gasteiger partial charge in [0.05, 0.1) is 6.20 Å². The number of amides is 2. The lowest BCUT2D eigenvalue weighted by Gasteiger charge is -2.32. The number of aryl methyl sites for hydroxylation is 1. The summed E-state index contributed by atoms with van der Waals surface area (Å²) in [7, 11) is 0. The molecule has 0 atom stereocenters. The van der Waals surface area contributed by atoms with Crippen molar-refractivity contribution in [1.29, 1.82) is 0 Å². The monoisotopic (exact) mass is 292 g/mol. The van der Waals surface area contributed by atoms with Gasteiger partial charge in [0.1, 0.15) is 11.5 Å². The maximum atomic E-state index is 12.0. The summed E-state index contributed by atoms with van der Waals surface area (Å²) in [4.78, 5) is 32.9. The van der Waals surface area contributed by atoms with Crippen LogP contribution in [0, 0.1) is 12.8 Å². The molecule has 2 N–H and O–H groups in total. The number of nitrogens with one attached hydrogen (secondary N) is 2. The van der Waals surface area contributed by atoms with Crippen LogP contribution in [0.4, 0.5) is 0 Å². The van der Waals surface area contributed by atoms with Crippen molar-refractivity contribution in [3.63, 3.8) is 0 Å². The van der Waals surface area contributed by atoms with Gasteiger partial charge in [0.25, 0.3) is 5.91 Å². The molecule has 0 unspecified atom stereocenters. The zero-order chi connectivity index (χ0) is 15.4. The molecule has 0 aromatic carbocycles. The van der Waals surface area contributed by atoms with Gasteiger partial charge >= 0.3 is 0 Å². The summed E-state index contributed by atoms with van der Waals surface area (Å²) in [6.45, 7) is 7.36. The highest BCUT2D eigenvalue weighted by Crippen LogP contribution is 2.14. The SMILES string of the molecule is Cc1ncc(C(=O)NC2CCN(C(=O)CC(C)C)CC2)[nH]1. The molecule has 21 heavy (non-hydrogen) atoms. The minimum Gasteiger partial charge on any atom is -0.348 e. The normalized spacial score (nSPS) is 16.3. The number of likely N-dealkylation sites (tertiary alicyclic amines) is 1. The maximum absolute atomic E-state index is 12.0. The lowest BCUT2D eigenvalue weighted by atomic mass is 10.0. The Morgan fingerprint density at radius 1 is 1.43 bits per heavy atom. The fourth-order valence-electron chi connectivity index (χ4n) is 2.55. The van der Waals surface area contributed by atoms with E-state index in [0.717, 1.165) is 31.8 Å². The number of carbonyl (C=O) groups excluding carboxylic acids is 2. The van der Waals surface area contributed by atoms with Crippen LogP contribution in [0.15, 0.2) is 6.20 Å². The molecule has 1 aromatic heterocycles. The van der Waals surface area contributed by atoms with Crippen LogP contribution in [0.2, 0.25) is 0 Å². The third kappa shape index (κ3) is 4.31. The summed E-state index contributed by atoms with van der Waals surface area (Å²) in [6, 6.07) is 0.129. The average molecular weight is 292 g/mol. The molecule has 1 aliphatic rings. The van der Waals surface area contributed by atoms with Crippen LogP contribution in [0.1, 0.15) is 49.4 Å². The molecule has 0 saturated carbocycles. The van der Waals surface area contributed by atoms with Crippen LogP contribution in [-0.4, -0.2) is 45.8 Å². The van der Waals surface area contributed by atoms with E-state index < -0.39 is 0 Å². The molecule has 1 aromatic rings. The van der Waals surface area contributed by atoms with Crippen molar-refractivity contribution in [3.8, 4) is 0 Å². The first kappa shape index (κ1) is 15.5. The quantitative estimate of drug-likeness (QED) is 0.882. The third-order valence-electron chi connectivity index (χ3n) is 3.71. The molecule has 116 valence electrons. The van der Waals surface area contributed by atoms with Gasteiger partial charge in [-0.1, -0.05) is 13.8 Å². The summed E-state index contributed by atoms with van der Waals surface area (Å²) in [5.74, 6) is 1.22. The Morgan fingerprint density at radius 3 is 2.62 bits per heavy atom. The minimum atomic E-state index is -0.123. The molecule has 0 bridgehead atoms. The fourth-order valence-corrected chi connectivity index (χ4v) is 2.55. The maximum Gasteiger partial charge on any atom is 0.269 e. The smallest absolute Gasteiger partial charge is 0.269 e. The summed E-state index contributed by atoms with van der Waals surface area (Å²) >= 11 is 0. The number of aromatic nitrogens is 2. The third-order valence-corrected chi connectivity index (χ3v) is 3.71. The molecule has 0 radical (unpaired) electrons. The van der Waals surface area contributed by atoms with Crippen LogP contribution in [0.5, 0.6) is 0 Å². The molecule has 0 aliphatic carbocycles. The molecular formula is C15H24N4O2. The highest BCUT2D eigenvalue weighted by Gasteiger charge is 2.24. The first-order valence-corrected chi connectivity index (χ1v) is 7.56. The van der Waals surface area contributed by atoms with E-state index in [2.05, 4.69) is 29.1 Å². The van der Waals surface area contributed by atoms with Gasteiger partial charge < -0.3 is 15.2 Å². The van der Waals surface area contributed by atoms with E-state index in [0.29, 0.717) is 18.0 Å². The Kier molecular flexibility index (Phi) is 4.98. The molecular weight excluding hydrogens is 268 g/mol. The van der Waals surface area contributed by atoms with E-state index in [4.69, 9.17) is 0 Å². The van der Waals surface area contributed by atoms with Gasteiger partial charge in [0.2, 0.25) is 5.91 Å². The van der Waals surface area contributed by atoms with E-state index in [1.807, 2.05) is 11.8 Å². The predicted molar refractivity (Wildman–Crippen MR) is 79.8 cm³/mol. The minimum absolute atomic E-state index is 0.123. The summed E-state index contributed by atoms with van der Waals surface area (Å²) in [6.07, 6.45) is 3.77. The Morgan fingerprint density at radius 2 is 2.10 bits per heavy atom. The Labute approximate surface area is 125 Å². The van der Waals surface area contributed by atoms with Crippen molar-refractivity contribution in [3.05, 3.63) is 17.7 Å². The van der Waals surface area contributed by atoms with Gasteiger partial charge in [-0.25, -0.2) is 4.98 Å². The number of nitrogens with zero attached hydrogens (tertiary/aromatic N) is 2. The number of piperidine rings is 1. The molecule has 2 amide bonds. The van der Waals surface area contributed by atoms with Gasteiger partial charge in [-0.3, -0.25) is 9.59 Å². The second-order valence-electron chi connectivity index (χ2n) is 6.11. The lowest BCUT2D eigenvalue weighted by molar-refractivity contribution is -0.133. The Balaban J connectivity index is 1.79. The molecule has 2 heterocycles. The van der Waals surface area contributed by atoms with Crippen LogP contribution in [0.25, 0.3) is 0 Å². The number of aromatic amines is 1. The Bertz CT molecular complexity index is 502. The fraction of sp³-hybridized carbons (Fsp3) is 0.667. The summed E-state index contributed by atoms with van der Waals surface area (Å²) in [5, 5.41) is 3.00. The van der Waals surface area contributed by atoms with Crippen molar-refractivity contribution in [1.82, 2.24) is 20.2 Å². The standard InChI is InChI=1S/C15H24N4O2/c1-10(2)8-14(20)19-6-4-12(5-7-19)18-15(21)13-9-16-11(3)17-13/h9-10,12H,4-8H2,1-3H3,(H,16,17)(H,18,21). The van der Waals surface area contributed by atoms with Crippen LogP contribution in [-0.2, 0) is 4.79 Å². The average Bonchev–Trinajstić information content (AvgIpc) is 2.85. The number of hydrogen-bond acceptors (Lipinski definition) is 3. The van der Waals surface area contributed by atoms with Gasteiger partial charge in [-0.2, -0.15) is 0 Å². The van der Waals surface area contributed by atoms with E-state index in [1.165, 1.54) is 0 Å². The molecule has 1 aliphatic heterocycles. The van der Waals surface area contributed by atoms with Crippen LogP contribution in [0.3, 0.4) is 0 Å². The zero-order valence-corrected chi connectivity index (χ0v) is 13.0. The number of hydrogen-bond donors (Lipinski definition) is 2. The topological polar surface area (TPSA) is 78.1 Å². The van der Waals surface area contributed by atoms with Gasteiger partial charge in [0, 0.05) is 25.6 Å². The molecule has 1 saturated heterocycles. The predicted octanol–water partition coefficient (Wildman–Crippen LogP) is 1.49. The second-order valence-corrected chi connectivity index (χ2v) is 6.11. The van der Waals surface area contributed by atoms with Crippen molar-refractivity contribution < 1.29 is 9.59 Å². The van der Waals surface area contributed by atoms with E-state index >= 15 is 0 Å². The van der Waals surface area contributed by atoms with E-state index in [-0.39, 0.29) is 17.9 Å². The van der Waals surface area contributed by atoms with Crippen LogP contribution >= 0.6 is 0 Å². The number of imidazole rings is 1. The van der Waals surface area contributed by atoms with E-state index in [1.54, 1.807) is 6.20 Å². The summed E-state index contributed by atoms with van der Waals surface area (Å²) in [5.41, 5.74) is 0.491. The highest BCUT2D eigenvalue weighted by molar-refractivity contribution is 5.92. The van der Waals surface area contributed by atoms with Crippen molar-refractivity contribution >= 4 is 11.8 Å². The number of carbonyl (C=O) groups is 2. The van der Waals surface area contributed by atoms with Crippen molar-refractivity contribution in [2.75, 3.05) is 13.1 Å².